The molecule has 6 nitrogen and oxygen atoms in total. The molecule has 7 heteroatoms. The van der Waals surface area contributed by atoms with Crippen molar-refractivity contribution in [1.82, 2.24) is 19.8 Å². The monoisotopic (exact) mass is 254 g/mol. The molecule has 2 heterocycles. The van der Waals surface area contributed by atoms with Gasteiger partial charge in [-0.05, 0) is 25.1 Å². The van der Waals surface area contributed by atoms with E-state index in [4.69, 9.17) is 17.3 Å². The zero-order chi connectivity index (χ0) is 12.3. The number of piperidine rings is 1. The summed E-state index contributed by atoms with van der Waals surface area (Å²) in [5, 5.41) is 11.9. The smallest absolute Gasteiger partial charge is 0.404 e. The van der Waals surface area contributed by atoms with Gasteiger partial charge in [0.15, 0.2) is 5.11 Å². The number of amides is 1. The van der Waals surface area contributed by atoms with E-state index in [0.29, 0.717) is 11.7 Å². The Labute approximate surface area is 104 Å². The largest absolute Gasteiger partial charge is 0.465 e. The highest BCUT2D eigenvalue weighted by molar-refractivity contribution is 7.80. The molecule has 0 aromatic carbocycles. The lowest BCUT2D eigenvalue weighted by molar-refractivity contribution is 0.180. The van der Waals surface area contributed by atoms with E-state index in [1.807, 2.05) is 4.90 Å². The van der Waals surface area contributed by atoms with E-state index < -0.39 is 6.09 Å². The van der Waals surface area contributed by atoms with Gasteiger partial charge in [0, 0.05) is 31.5 Å². The van der Waals surface area contributed by atoms with Crippen molar-refractivity contribution >= 4 is 23.4 Å². The van der Waals surface area contributed by atoms with Gasteiger partial charge in [-0.25, -0.2) is 9.78 Å². The Morgan fingerprint density at radius 2 is 2.41 bits per heavy atom. The lowest BCUT2D eigenvalue weighted by atomic mass is 10.1. The third kappa shape index (κ3) is 2.94. The third-order valence-electron chi connectivity index (χ3n) is 2.74. The summed E-state index contributed by atoms with van der Waals surface area (Å²) >= 11 is 5.33. The van der Waals surface area contributed by atoms with Crippen LogP contribution in [0.1, 0.15) is 12.8 Å². The number of hydrogen-bond acceptors (Lipinski definition) is 3. The van der Waals surface area contributed by atoms with Gasteiger partial charge in [0.05, 0.1) is 0 Å². The number of carbonyl (C=O) groups is 1. The first-order valence-electron chi connectivity index (χ1n) is 5.43. The van der Waals surface area contributed by atoms with Crippen molar-refractivity contribution in [2.75, 3.05) is 13.1 Å². The molecule has 0 bridgehead atoms. The summed E-state index contributed by atoms with van der Waals surface area (Å²) in [6.45, 7) is 1.47. The van der Waals surface area contributed by atoms with Crippen LogP contribution in [-0.4, -0.2) is 49.9 Å². The van der Waals surface area contributed by atoms with Crippen LogP contribution >= 0.6 is 12.2 Å². The van der Waals surface area contributed by atoms with Gasteiger partial charge in [-0.15, -0.1) is 0 Å². The molecule has 1 fully saturated rings. The molecule has 2 N–H and O–H groups in total. The van der Waals surface area contributed by atoms with Gasteiger partial charge >= 0.3 is 6.09 Å². The molecular formula is C10H14N4O2S. The zero-order valence-electron chi connectivity index (χ0n) is 9.24. The molecule has 1 saturated heterocycles. The Hall–Kier alpha value is -1.63. The fourth-order valence-corrected chi connectivity index (χ4v) is 2.25. The Bertz CT molecular complexity index is 406. The molecule has 1 aromatic heterocycles. The lowest BCUT2D eigenvalue weighted by Gasteiger charge is -2.34. The maximum absolute atomic E-state index is 10.6. The molecule has 1 unspecified atom stereocenters. The van der Waals surface area contributed by atoms with Gasteiger partial charge in [-0.3, -0.25) is 4.57 Å². The van der Waals surface area contributed by atoms with Crippen LogP contribution in [0.5, 0.6) is 0 Å². The normalized spacial score (nSPS) is 20.0. The van der Waals surface area contributed by atoms with Crippen LogP contribution in [0.3, 0.4) is 0 Å². The van der Waals surface area contributed by atoms with E-state index in [9.17, 15) is 4.79 Å². The van der Waals surface area contributed by atoms with E-state index in [-0.39, 0.29) is 6.04 Å². The molecule has 1 aromatic rings. The van der Waals surface area contributed by atoms with Crippen molar-refractivity contribution in [3.63, 3.8) is 0 Å². The van der Waals surface area contributed by atoms with Crippen LogP contribution in [0, 0.1) is 0 Å². The van der Waals surface area contributed by atoms with Crippen LogP contribution in [0.4, 0.5) is 4.79 Å². The molecule has 0 spiro atoms. The Morgan fingerprint density at radius 1 is 1.59 bits per heavy atom. The van der Waals surface area contributed by atoms with E-state index in [2.05, 4.69) is 10.3 Å². The van der Waals surface area contributed by atoms with Gasteiger partial charge in [0.2, 0.25) is 0 Å². The molecule has 0 radical (unpaired) electrons. The number of likely N-dealkylation sites (tertiary alicyclic amines) is 1. The van der Waals surface area contributed by atoms with E-state index in [1.165, 1.54) is 0 Å². The predicted molar refractivity (Wildman–Crippen MR) is 66.0 cm³/mol. The summed E-state index contributed by atoms with van der Waals surface area (Å²) in [5.41, 5.74) is 0. The second kappa shape index (κ2) is 5.13. The van der Waals surface area contributed by atoms with Crippen LogP contribution in [0.2, 0.25) is 0 Å². The number of aromatic nitrogens is 2. The first kappa shape index (κ1) is 11.8. The maximum atomic E-state index is 10.6. The second-order valence-electron chi connectivity index (χ2n) is 3.99. The van der Waals surface area contributed by atoms with Crippen molar-refractivity contribution in [1.29, 1.82) is 0 Å². The van der Waals surface area contributed by atoms with E-state index in [1.54, 1.807) is 23.3 Å². The quantitative estimate of drug-likeness (QED) is 0.724. The fraction of sp³-hybridized carbons (Fsp3) is 0.500. The predicted octanol–water partition coefficient (Wildman–Crippen LogP) is 0.748. The highest BCUT2D eigenvalue weighted by Gasteiger charge is 2.23. The minimum Gasteiger partial charge on any atom is -0.465 e. The number of thiocarbonyl (C=S) groups is 1. The van der Waals surface area contributed by atoms with Crippen LogP contribution in [0.25, 0.3) is 0 Å². The minimum atomic E-state index is -0.981. The number of carboxylic acid groups (broad SMARTS) is 1. The first-order chi connectivity index (χ1) is 8.16. The standard InChI is InChI=1S/C10H14N4O2S/c15-9(16)12-8-2-1-4-13(6-8)10(17)14-5-3-11-7-14/h3,5,7-8,12H,1-2,4,6H2,(H,15,16). The third-order valence-corrected chi connectivity index (χ3v) is 3.21. The van der Waals surface area contributed by atoms with E-state index in [0.717, 1.165) is 19.4 Å². The second-order valence-corrected chi connectivity index (χ2v) is 4.35. The Balaban J connectivity index is 1.97. The summed E-state index contributed by atoms with van der Waals surface area (Å²) in [7, 11) is 0. The van der Waals surface area contributed by atoms with Crippen LogP contribution < -0.4 is 5.32 Å². The SMILES string of the molecule is O=C(O)NC1CCCN(C(=S)n2ccnc2)C1. The molecule has 17 heavy (non-hydrogen) atoms. The topological polar surface area (TPSA) is 70.4 Å². The number of nitrogens with one attached hydrogen (secondary N) is 1. The highest BCUT2D eigenvalue weighted by atomic mass is 32.1. The first-order valence-corrected chi connectivity index (χ1v) is 5.84. The molecule has 0 saturated carbocycles. The molecule has 1 atom stereocenters. The van der Waals surface area contributed by atoms with Gasteiger partial charge in [0.1, 0.15) is 6.33 Å². The number of rotatable bonds is 1. The van der Waals surface area contributed by atoms with E-state index >= 15 is 0 Å². The Morgan fingerprint density at radius 3 is 3.06 bits per heavy atom. The molecular weight excluding hydrogens is 240 g/mol. The zero-order valence-corrected chi connectivity index (χ0v) is 10.1. The van der Waals surface area contributed by atoms with Crippen molar-refractivity contribution in [3.05, 3.63) is 18.7 Å². The molecule has 1 aliphatic rings. The minimum absolute atomic E-state index is 0.0530. The number of nitrogens with zero attached hydrogens (tertiary/aromatic N) is 3. The summed E-state index contributed by atoms with van der Waals surface area (Å²) in [6, 6.07) is -0.0530. The lowest BCUT2D eigenvalue weighted by Crippen LogP contribution is -2.50. The maximum Gasteiger partial charge on any atom is 0.404 e. The van der Waals surface area contributed by atoms with Gasteiger partial charge in [-0.1, -0.05) is 0 Å². The van der Waals surface area contributed by atoms with Crippen molar-refractivity contribution < 1.29 is 9.90 Å². The fourth-order valence-electron chi connectivity index (χ4n) is 1.98. The molecule has 0 aliphatic carbocycles. The van der Waals surface area contributed by atoms with Gasteiger partial charge in [0.25, 0.3) is 0 Å². The summed E-state index contributed by atoms with van der Waals surface area (Å²) in [4.78, 5) is 16.5. The van der Waals surface area contributed by atoms with Crippen LogP contribution in [-0.2, 0) is 0 Å². The number of hydrogen-bond donors (Lipinski definition) is 2. The molecule has 1 aliphatic heterocycles. The average molecular weight is 254 g/mol. The van der Waals surface area contributed by atoms with Crippen molar-refractivity contribution in [2.24, 2.45) is 0 Å². The summed E-state index contributed by atoms with van der Waals surface area (Å²) in [6.07, 6.45) is 5.91. The van der Waals surface area contributed by atoms with Gasteiger partial charge < -0.3 is 15.3 Å². The van der Waals surface area contributed by atoms with Gasteiger partial charge in [-0.2, -0.15) is 0 Å². The molecule has 92 valence electrons. The molecule has 1 amide bonds. The number of imidazole rings is 1. The van der Waals surface area contributed by atoms with Crippen molar-refractivity contribution in [3.8, 4) is 0 Å². The summed E-state index contributed by atoms with van der Waals surface area (Å²) < 4.78 is 1.76. The summed E-state index contributed by atoms with van der Waals surface area (Å²) in [5.74, 6) is 0. The van der Waals surface area contributed by atoms with Crippen molar-refractivity contribution in [2.45, 2.75) is 18.9 Å². The highest BCUT2D eigenvalue weighted by Crippen LogP contribution is 2.11. The molecule has 2 rings (SSSR count). The van der Waals surface area contributed by atoms with Crippen LogP contribution in [0.15, 0.2) is 18.7 Å². The Kier molecular flexibility index (Phi) is 3.58. The average Bonchev–Trinajstić information content (AvgIpc) is 2.81.